The molecule has 0 saturated carbocycles. The van der Waals surface area contributed by atoms with E-state index in [4.69, 9.17) is 4.52 Å². The molecule has 3 amide bonds. The normalized spacial score (nSPS) is 16.2. The Morgan fingerprint density at radius 2 is 1.97 bits per heavy atom. The molecule has 0 unspecified atom stereocenters. The molecule has 0 aromatic carbocycles. The molecule has 0 spiro atoms. The number of H-pyrrole nitrogens is 1. The number of aryl methyl sites for hydroxylation is 1. The van der Waals surface area contributed by atoms with Crippen LogP contribution in [0.2, 0.25) is 0 Å². The van der Waals surface area contributed by atoms with Crippen LogP contribution in [0.25, 0.3) is 0 Å². The van der Waals surface area contributed by atoms with Crippen LogP contribution in [-0.4, -0.2) is 66.1 Å². The molecule has 13 heteroatoms. The third-order valence-electron chi connectivity index (χ3n) is 5.70. The lowest BCUT2D eigenvalue weighted by atomic mass is 9.99. The van der Waals surface area contributed by atoms with Gasteiger partial charge in [-0.3, -0.25) is 19.5 Å². The fraction of sp³-hybridized carbons (Fsp3) is 0.500. The van der Waals surface area contributed by atoms with Crippen molar-refractivity contribution in [3.63, 3.8) is 0 Å². The van der Waals surface area contributed by atoms with Crippen LogP contribution in [0.4, 0.5) is 5.82 Å². The van der Waals surface area contributed by atoms with E-state index in [1.807, 2.05) is 20.8 Å². The summed E-state index contributed by atoms with van der Waals surface area (Å²) in [5.74, 6) is -0.289. The topological polar surface area (TPSA) is 164 Å². The Bertz CT molecular complexity index is 1220. The summed E-state index contributed by atoms with van der Waals surface area (Å²) in [7, 11) is 0. The lowest BCUT2D eigenvalue weighted by Gasteiger charge is -2.35. The zero-order valence-corrected chi connectivity index (χ0v) is 20.2. The molecule has 1 saturated heterocycles. The number of nitrogens with zero attached hydrogens (tertiary/aromatic N) is 6. The first kappa shape index (κ1) is 24.1. The van der Waals surface area contributed by atoms with Crippen molar-refractivity contribution in [3.05, 3.63) is 41.2 Å². The van der Waals surface area contributed by atoms with Gasteiger partial charge >= 0.3 is 0 Å². The van der Waals surface area contributed by atoms with Gasteiger partial charge in [0.2, 0.25) is 5.91 Å². The van der Waals surface area contributed by atoms with Gasteiger partial charge in [0.15, 0.2) is 17.2 Å². The summed E-state index contributed by atoms with van der Waals surface area (Å²) < 4.78 is 6.52. The molecule has 0 radical (unpaired) electrons. The smallest absolute Gasteiger partial charge is 0.279 e. The van der Waals surface area contributed by atoms with Gasteiger partial charge in [-0.05, 0) is 47.0 Å². The predicted octanol–water partition coefficient (Wildman–Crippen LogP) is 1.79. The predicted molar refractivity (Wildman–Crippen MR) is 123 cm³/mol. The van der Waals surface area contributed by atoms with Gasteiger partial charge in [-0.2, -0.15) is 5.10 Å². The SMILES string of the molecule is Cc1cc(C(=O)NCC(=O)N2CCCC[C@@H]2c2cc(NC(=O)c3cn(C(C)(C)C)nn3)n[nH]2)no1. The molecule has 4 rings (SSSR count). The first-order valence-electron chi connectivity index (χ1n) is 11.4. The number of piperidine rings is 1. The van der Waals surface area contributed by atoms with Crippen molar-refractivity contribution in [1.82, 2.24) is 40.6 Å². The summed E-state index contributed by atoms with van der Waals surface area (Å²) in [5.41, 5.74) is 0.708. The van der Waals surface area contributed by atoms with Crippen molar-refractivity contribution in [2.24, 2.45) is 0 Å². The standard InChI is InChI=1S/C22H29N9O4/c1-13-9-15(28-35-13)20(33)23-11-19(32)30-8-6-5-7-17(30)14-10-18(27-25-14)24-21(34)16-12-31(29-26-16)22(2,3)4/h9-10,12,17H,5-8,11H2,1-4H3,(H,23,33)(H2,24,25,27,34)/t17-/m1/s1. The largest absolute Gasteiger partial charge is 0.361 e. The monoisotopic (exact) mass is 483 g/mol. The van der Waals surface area contributed by atoms with Gasteiger partial charge in [-0.1, -0.05) is 10.4 Å². The number of aromatic amines is 1. The van der Waals surface area contributed by atoms with Gasteiger partial charge < -0.3 is 20.1 Å². The average molecular weight is 484 g/mol. The summed E-state index contributed by atoms with van der Waals surface area (Å²) in [6, 6.07) is 2.97. The average Bonchev–Trinajstić information content (AvgIpc) is 3.57. The molecule has 1 atom stereocenters. The highest BCUT2D eigenvalue weighted by atomic mass is 16.5. The minimum absolute atomic E-state index is 0.127. The van der Waals surface area contributed by atoms with E-state index in [9.17, 15) is 14.4 Å². The molecule has 35 heavy (non-hydrogen) atoms. The lowest BCUT2D eigenvalue weighted by Crippen LogP contribution is -2.44. The first-order chi connectivity index (χ1) is 16.6. The minimum atomic E-state index is -0.473. The maximum atomic E-state index is 12.9. The van der Waals surface area contributed by atoms with E-state index in [1.54, 1.807) is 28.8 Å². The van der Waals surface area contributed by atoms with E-state index >= 15 is 0 Å². The molecule has 3 aromatic heterocycles. The molecule has 3 aromatic rings. The second-order valence-electron chi connectivity index (χ2n) is 9.49. The van der Waals surface area contributed by atoms with E-state index in [2.05, 4.69) is 36.3 Å². The van der Waals surface area contributed by atoms with Crippen molar-refractivity contribution in [1.29, 1.82) is 0 Å². The van der Waals surface area contributed by atoms with Crippen LogP contribution in [0, 0.1) is 6.92 Å². The first-order valence-corrected chi connectivity index (χ1v) is 11.4. The van der Waals surface area contributed by atoms with E-state index in [1.165, 1.54) is 6.07 Å². The van der Waals surface area contributed by atoms with Crippen molar-refractivity contribution in [3.8, 4) is 0 Å². The Hall–Kier alpha value is -4.03. The van der Waals surface area contributed by atoms with Gasteiger partial charge in [-0.15, -0.1) is 5.10 Å². The number of anilines is 1. The maximum absolute atomic E-state index is 12.9. The number of carbonyl (C=O) groups is 3. The summed E-state index contributed by atoms with van der Waals surface area (Å²) >= 11 is 0. The van der Waals surface area contributed by atoms with Gasteiger partial charge in [0, 0.05) is 18.7 Å². The summed E-state index contributed by atoms with van der Waals surface area (Å²) in [4.78, 5) is 39.4. The molecule has 1 fully saturated rings. The van der Waals surface area contributed by atoms with Gasteiger partial charge in [0.05, 0.1) is 30.0 Å². The number of amides is 3. The molecule has 4 heterocycles. The second kappa shape index (κ2) is 9.68. The van der Waals surface area contributed by atoms with Crippen LogP contribution >= 0.6 is 0 Å². The minimum Gasteiger partial charge on any atom is -0.361 e. The molecule has 1 aliphatic heterocycles. The molecular weight excluding hydrogens is 454 g/mol. The van der Waals surface area contributed by atoms with E-state index < -0.39 is 11.8 Å². The van der Waals surface area contributed by atoms with Crippen molar-refractivity contribution in [2.45, 2.75) is 58.5 Å². The highest BCUT2D eigenvalue weighted by Gasteiger charge is 2.30. The van der Waals surface area contributed by atoms with Crippen molar-refractivity contribution >= 4 is 23.5 Å². The van der Waals surface area contributed by atoms with E-state index in [-0.39, 0.29) is 35.4 Å². The van der Waals surface area contributed by atoms with Crippen LogP contribution in [0.1, 0.15) is 78.5 Å². The Kier molecular flexibility index (Phi) is 6.67. The Balaban J connectivity index is 1.39. The van der Waals surface area contributed by atoms with Crippen LogP contribution in [0.15, 0.2) is 22.9 Å². The number of nitrogens with one attached hydrogen (secondary N) is 3. The number of likely N-dealkylation sites (tertiary alicyclic amines) is 1. The fourth-order valence-electron chi connectivity index (χ4n) is 3.82. The highest BCUT2D eigenvalue weighted by Crippen LogP contribution is 2.30. The summed E-state index contributed by atoms with van der Waals surface area (Å²) in [5, 5.41) is 24.0. The van der Waals surface area contributed by atoms with Crippen LogP contribution < -0.4 is 10.6 Å². The van der Waals surface area contributed by atoms with Crippen LogP contribution in [0.5, 0.6) is 0 Å². The molecule has 186 valence electrons. The summed E-state index contributed by atoms with van der Waals surface area (Å²) in [6.45, 7) is 7.95. The zero-order chi connectivity index (χ0) is 25.2. The number of hydrogen-bond acceptors (Lipinski definition) is 8. The van der Waals surface area contributed by atoms with Crippen molar-refractivity contribution < 1.29 is 18.9 Å². The lowest BCUT2D eigenvalue weighted by molar-refractivity contribution is -0.134. The van der Waals surface area contributed by atoms with Gasteiger partial charge in [0.25, 0.3) is 11.8 Å². The number of rotatable bonds is 6. The molecule has 13 nitrogen and oxygen atoms in total. The Morgan fingerprint density at radius 1 is 1.17 bits per heavy atom. The Labute approximate surface area is 201 Å². The fourth-order valence-corrected chi connectivity index (χ4v) is 3.82. The van der Waals surface area contributed by atoms with Crippen LogP contribution in [0.3, 0.4) is 0 Å². The van der Waals surface area contributed by atoms with Crippen LogP contribution in [-0.2, 0) is 10.3 Å². The maximum Gasteiger partial charge on any atom is 0.279 e. The number of carbonyl (C=O) groups excluding carboxylic acids is 3. The van der Waals surface area contributed by atoms with Gasteiger partial charge in [-0.25, -0.2) is 4.68 Å². The summed E-state index contributed by atoms with van der Waals surface area (Å²) in [6.07, 6.45) is 4.12. The highest BCUT2D eigenvalue weighted by molar-refractivity contribution is 6.02. The third kappa shape index (κ3) is 5.55. The molecule has 3 N–H and O–H groups in total. The quantitative estimate of drug-likeness (QED) is 0.477. The third-order valence-corrected chi connectivity index (χ3v) is 5.70. The van der Waals surface area contributed by atoms with E-state index in [0.29, 0.717) is 23.8 Å². The second-order valence-corrected chi connectivity index (χ2v) is 9.49. The molecule has 1 aliphatic rings. The zero-order valence-electron chi connectivity index (χ0n) is 20.2. The Morgan fingerprint density at radius 3 is 2.66 bits per heavy atom. The van der Waals surface area contributed by atoms with E-state index in [0.717, 1.165) is 19.3 Å². The van der Waals surface area contributed by atoms with Crippen molar-refractivity contribution in [2.75, 3.05) is 18.4 Å². The van der Waals surface area contributed by atoms with Gasteiger partial charge in [0.1, 0.15) is 5.76 Å². The molecular formula is C22H29N9O4. The molecule has 0 bridgehead atoms. The number of hydrogen-bond donors (Lipinski definition) is 3. The molecule has 0 aliphatic carbocycles. The number of aromatic nitrogens is 6.